The quantitative estimate of drug-likeness (QED) is 0.894. The van der Waals surface area contributed by atoms with Crippen molar-refractivity contribution in [2.45, 2.75) is 57.9 Å². The van der Waals surface area contributed by atoms with Crippen molar-refractivity contribution >= 4 is 0 Å². The lowest BCUT2D eigenvalue weighted by molar-refractivity contribution is 0.167. The van der Waals surface area contributed by atoms with Crippen molar-refractivity contribution in [2.24, 2.45) is 0 Å². The highest BCUT2D eigenvalue weighted by molar-refractivity contribution is 5.46. The van der Waals surface area contributed by atoms with Gasteiger partial charge in [-0.1, -0.05) is 32.9 Å². The van der Waals surface area contributed by atoms with Crippen LogP contribution in [0.15, 0.2) is 12.1 Å². The maximum Gasteiger partial charge on any atom is 0.0558 e. The number of aryl methyl sites for hydroxylation is 1. The maximum atomic E-state index is 9.24. The largest absolute Gasteiger partial charge is 0.395 e. The second-order valence-corrected chi connectivity index (χ2v) is 7.51. The van der Waals surface area contributed by atoms with Crippen LogP contribution in [0.3, 0.4) is 0 Å². The summed E-state index contributed by atoms with van der Waals surface area (Å²) in [5, 5.41) is 9.24. The summed E-state index contributed by atoms with van der Waals surface area (Å²) in [5.41, 5.74) is 6.47. The van der Waals surface area contributed by atoms with Crippen LogP contribution >= 0.6 is 0 Å². The van der Waals surface area contributed by atoms with Gasteiger partial charge in [0, 0.05) is 19.6 Å². The van der Waals surface area contributed by atoms with Crippen molar-refractivity contribution in [3.05, 3.63) is 34.4 Å². The molecule has 1 N–H and O–H groups in total. The van der Waals surface area contributed by atoms with Crippen LogP contribution in [0.5, 0.6) is 0 Å². The number of hydrogen-bond acceptors (Lipinski definition) is 2. The monoisotopic (exact) mass is 273 g/mol. The van der Waals surface area contributed by atoms with Crippen molar-refractivity contribution < 1.29 is 5.11 Å². The number of rotatable bonds is 2. The van der Waals surface area contributed by atoms with Crippen LogP contribution in [0, 0.1) is 0 Å². The van der Waals surface area contributed by atoms with E-state index in [1.807, 2.05) is 0 Å². The third-order valence-corrected chi connectivity index (χ3v) is 4.91. The number of aliphatic hydroxyl groups is 1. The lowest BCUT2D eigenvalue weighted by atomic mass is 9.74. The number of aliphatic hydroxyl groups excluding tert-OH is 1. The molecule has 20 heavy (non-hydrogen) atoms. The Labute approximate surface area is 122 Å². The van der Waals surface area contributed by atoms with Crippen LogP contribution in [0.2, 0.25) is 0 Å². The Hall–Kier alpha value is -0.860. The third-order valence-electron chi connectivity index (χ3n) is 4.91. The molecular formula is C18H27NO. The molecule has 1 aliphatic heterocycles. The highest BCUT2D eigenvalue weighted by Crippen LogP contribution is 2.40. The zero-order valence-corrected chi connectivity index (χ0v) is 13.1. The molecule has 2 aliphatic rings. The fraction of sp³-hybridized carbons (Fsp3) is 0.667. The van der Waals surface area contributed by atoms with Gasteiger partial charge in [-0.3, -0.25) is 4.90 Å². The minimum atomic E-state index is 0.220. The highest BCUT2D eigenvalue weighted by Gasteiger charge is 2.31. The molecule has 0 radical (unpaired) electrons. The lowest BCUT2D eigenvalue weighted by Gasteiger charge is -2.39. The van der Waals surface area contributed by atoms with Gasteiger partial charge in [0.1, 0.15) is 0 Å². The molecule has 1 aromatic rings. The van der Waals surface area contributed by atoms with Crippen LogP contribution in [-0.4, -0.2) is 29.7 Å². The predicted octanol–water partition coefficient (Wildman–Crippen LogP) is 3.21. The molecule has 110 valence electrons. The molecule has 1 heterocycles. The van der Waals surface area contributed by atoms with E-state index in [0.29, 0.717) is 5.92 Å². The predicted molar refractivity (Wildman–Crippen MR) is 83.2 cm³/mol. The summed E-state index contributed by atoms with van der Waals surface area (Å²) in [7, 11) is 0. The van der Waals surface area contributed by atoms with E-state index in [-0.39, 0.29) is 12.0 Å². The molecule has 0 saturated carbocycles. The van der Waals surface area contributed by atoms with Gasteiger partial charge in [0.2, 0.25) is 0 Å². The van der Waals surface area contributed by atoms with Crippen molar-refractivity contribution in [3.8, 4) is 0 Å². The molecule has 2 nitrogen and oxygen atoms in total. The molecule has 0 bridgehead atoms. The molecule has 0 amide bonds. The number of nitrogens with zero attached hydrogens (tertiary/aromatic N) is 1. The van der Waals surface area contributed by atoms with Crippen molar-refractivity contribution in [2.75, 3.05) is 19.7 Å². The van der Waals surface area contributed by atoms with E-state index < -0.39 is 0 Å². The van der Waals surface area contributed by atoms with Crippen LogP contribution < -0.4 is 0 Å². The Kier molecular flexibility index (Phi) is 3.64. The van der Waals surface area contributed by atoms with Crippen LogP contribution in [0.4, 0.5) is 0 Å². The molecule has 0 unspecified atom stereocenters. The topological polar surface area (TPSA) is 23.5 Å². The standard InChI is InChI=1S/C18H27NO/c1-18(2,3)16-9-13-5-4-6-14-11-19(7-8-20)12-15(10-16)17(13)14/h9-10,14,20H,4-8,11-12H2,1-3H3/t14-/m0/s1. The van der Waals surface area contributed by atoms with Crippen molar-refractivity contribution in [1.82, 2.24) is 4.90 Å². The number of benzene rings is 1. The first-order valence-corrected chi connectivity index (χ1v) is 7.98. The van der Waals surface area contributed by atoms with Crippen LogP contribution in [0.1, 0.15) is 61.8 Å². The normalized spacial score (nSPS) is 22.7. The molecule has 0 spiro atoms. The summed E-state index contributed by atoms with van der Waals surface area (Å²) in [6.45, 7) is 10.1. The lowest BCUT2D eigenvalue weighted by Crippen LogP contribution is -2.37. The molecular weight excluding hydrogens is 246 g/mol. The Balaban J connectivity index is 2.04. The average Bonchev–Trinajstić information content (AvgIpc) is 2.38. The first kappa shape index (κ1) is 14.1. The molecule has 3 rings (SSSR count). The zero-order valence-electron chi connectivity index (χ0n) is 13.1. The number of β-amino-alcohol motifs (C(OH)–C–C–N with tert-alkyl or cyclic N) is 1. The first-order valence-electron chi connectivity index (χ1n) is 7.98. The molecule has 1 aromatic carbocycles. The van der Waals surface area contributed by atoms with E-state index >= 15 is 0 Å². The number of hydrogen-bond donors (Lipinski definition) is 1. The summed E-state index contributed by atoms with van der Waals surface area (Å²) in [6, 6.07) is 4.90. The summed E-state index contributed by atoms with van der Waals surface area (Å²) in [6.07, 6.45) is 3.89. The molecule has 0 saturated heterocycles. The summed E-state index contributed by atoms with van der Waals surface area (Å²) >= 11 is 0. The van der Waals surface area contributed by atoms with Gasteiger partial charge >= 0.3 is 0 Å². The Morgan fingerprint density at radius 2 is 2.00 bits per heavy atom. The van der Waals surface area contributed by atoms with E-state index in [4.69, 9.17) is 0 Å². The van der Waals surface area contributed by atoms with E-state index in [2.05, 4.69) is 37.8 Å². The van der Waals surface area contributed by atoms with Gasteiger partial charge in [-0.25, -0.2) is 0 Å². The molecule has 1 atom stereocenters. The van der Waals surface area contributed by atoms with E-state index in [1.54, 1.807) is 11.1 Å². The summed E-state index contributed by atoms with van der Waals surface area (Å²) < 4.78 is 0. The SMILES string of the molecule is CC(C)(C)c1cc2c3c(c1)CN(CCO)C[C@@H]3CCC2. The second kappa shape index (κ2) is 5.16. The van der Waals surface area contributed by atoms with Crippen LogP contribution in [0.25, 0.3) is 0 Å². The van der Waals surface area contributed by atoms with Gasteiger partial charge in [-0.2, -0.15) is 0 Å². The fourth-order valence-corrected chi connectivity index (χ4v) is 3.87. The zero-order chi connectivity index (χ0) is 14.3. The maximum absolute atomic E-state index is 9.24. The van der Waals surface area contributed by atoms with Gasteiger partial charge < -0.3 is 5.11 Å². The Morgan fingerprint density at radius 1 is 1.25 bits per heavy atom. The van der Waals surface area contributed by atoms with Gasteiger partial charge in [0.05, 0.1) is 6.61 Å². The highest BCUT2D eigenvalue weighted by atomic mass is 16.3. The molecule has 0 aromatic heterocycles. The van der Waals surface area contributed by atoms with Gasteiger partial charge in [-0.15, -0.1) is 0 Å². The summed E-state index contributed by atoms with van der Waals surface area (Å²) in [4.78, 5) is 2.43. The van der Waals surface area contributed by atoms with Crippen LogP contribution in [-0.2, 0) is 18.4 Å². The average molecular weight is 273 g/mol. The van der Waals surface area contributed by atoms with Crippen molar-refractivity contribution in [1.29, 1.82) is 0 Å². The Morgan fingerprint density at radius 3 is 2.70 bits per heavy atom. The van der Waals surface area contributed by atoms with E-state index in [0.717, 1.165) is 19.6 Å². The third kappa shape index (κ3) is 2.51. The molecule has 2 heteroatoms. The van der Waals surface area contributed by atoms with Crippen molar-refractivity contribution in [3.63, 3.8) is 0 Å². The molecule has 1 aliphatic carbocycles. The smallest absolute Gasteiger partial charge is 0.0558 e. The van der Waals surface area contributed by atoms with Gasteiger partial charge in [-0.05, 0) is 52.8 Å². The molecule has 0 fully saturated rings. The summed E-state index contributed by atoms with van der Waals surface area (Å²) in [5.74, 6) is 0.697. The minimum Gasteiger partial charge on any atom is -0.395 e. The fourth-order valence-electron chi connectivity index (χ4n) is 3.87. The van der Waals surface area contributed by atoms with E-state index in [1.165, 1.54) is 30.4 Å². The van der Waals surface area contributed by atoms with Gasteiger partial charge in [0.25, 0.3) is 0 Å². The van der Waals surface area contributed by atoms with Gasteiger partial charge in [0.15, 0.2) is 0 Å². The second-order valence-electron chi connectivity index (χ2n) is 7.51. The minimum absolute atomic E-state index is 0.220. The Bertz CT molecular complexity index is 501. The first-order chi connectivity index (χ1) is 9.49. The van der Waals surface area contributed by atoms with E-state index in [9.17, 15) is 5.11 Å².